The molecule has 0 saturated carbocycles. The van der Waals surface area contributed by atoms with Crippen LogP contribution in [0.2, 0.25) is 0 Å². The van der Waals surface area contributed by atoms with Crippen molar-refractivity contribution in [2.24, 2.45) is 0 Å². The lowest BCUT2D eigenvalue weighted by Gasteiger charge is -2.30. The Morgan fingerprint density at radius 1 is 1.21 bits per heavy atom. The third kappa shape index (κ3) is 5.38. The summed E-state index contributed by atoms with van der Waals surface area (Å²) in [7, 11) is 1.91. The summed E-state index contributed by atoms with van der Waals surface area (Å²) in [6, 6.07) is 15.7. The van der Waals surface area contributed by atoms with Gasteiger partial charge >= 0.3 is 0 Å². The zero-order chi connectivity index (χ0) is 20.0. The van der Waals surface area contributed by atoms with Gasteiger partial charge in [-0.3, -0.25) is 9.78 Å². The van der Waals surface area contributed by atoms with Crippen molar-refractivity contribution < 1.29 is 15.0 Å². The van der Waals surface area contributed by atoms with Gasteiger partial charge in [-0.2, -0.15) is 0 Å². The monoisotopic (exact) mass is 383 g/mol. The molecule has 0 spiro atoms. The highest BCUT2D eigenvalue weighted by atomic mass is 16.3. The van der Waals surface area contributed by atoms with Gasteiger partial charge in [0.2, 0.25) is 5.91 Å². The summed E-state index contributed by atoms with van der Waals surface area (Å²) < 4.78 is 0. The van der Waals surface area contributed by atoms with Crippen molar-refractivity contribution in [1.82, 2.24) is 14.8 Å². The van der Waals surface area contributed by atoms with E-state index in [0.29, 0.717) is 25.9 Å². The Hall–Kier alpha value is -2.28. The quantitative estimate of drug-likeness (QED) is 0.715. The van der Waals surface area contributed by atoms with E-state index in [2.05, 4.69) is 4.98 Å². The van der Waals surface area contributed by atoms with Crippen LogP contribution in [-0.4, -0.2) is 75.8 Å². The van der Waals surface area contributed by atoms with Crippen LogP contribution in [0.15, 0.2) is 54.7 Å². The van der Waals surface area contributed by atoms with Gasteiger partial charge in [0, 0.05) is 44.4 Å². The van der Waals surface area contributed by atoms with Gasteiger partial charge in [-0.25, -0.2) is 0 Å². The van der Waals surface area contributed by atoms with Gasteiger partial charge in [-0.1, -0.05) is 36.4 Å². The van der Waals surface area contributed by atoms with Crippen LogP contribution in [0.25, 0.3) is 0 Å². The Balaban J connectivity index is 1.49. The zero-order valence-electron chi connectivity index (χ0n) is 16.4. The average molecular weight is 383 g/mol. The molecular formula is C22H29N3O3. The number of aliphatic hydroxyl groups is 2. The van der Waals surface area contributed by atoms with E-state index in [1.807, 2.05) is 60.5 Å². The molecule has 2 aromatic rings. The van der Waals surface area contributed by atoms with E-state index in [0.717, 1.165) is 17.7 Å². The number of carbonyl (C=O) groups excluding carboxylic acids is 1. The molecule has 28 heavy (non-hydrogen) atoms. The molecule has 1 aliphatic rings. The molecule has 1 aliphatic heterocycles. The van der Waals surface area contributed by atoms with E-state index in [9.17, 15) is 15.0 Å². The fourth-order valence-electron chi connectivity index (χ4n) is 3.68. The number of likely N-dealkylation sites (tertiary alicyclic amines) is 1. The molecule has 0 radical (unpaired) electrons. The lowest BCUT2D eigenvalue weighted by atomic mass is 10.00. The van der Waals surface area contributed by atoms with Gasteiger partial charge in [-0.15, -0.1) is 0 Å². The van der Waals surface area contributed by atoms with Crippen LogP contribution in [-0.2, 0) is 17.6 Å². The number of aryl methyl sites for hydroxylation is 1. The number of benzene rings is 1. The summed E-state index contributed by atoms with van der Waals surface area (Å²) in [5.74, 6) is -0.0324. The Labute approximate surface area is 166 Å². The Bertz CT molecular complexity index is 756. The highest BCUT2D eigenvalue weighted by molar-refractivity contribution is 5.77. The van der Waals surface area contributed by atoms with Gasteiger partial charge < -0.3 is 20.0 Å². The maximum atomic E-state index is 12.5. The first-order valence-corrected chi connectivity index (χ1v) is 9.77. The predicted octanol–water partition coefficient (Wildman–Crippen LogP) is 1.12. The molecule has 150 valence electrons. The fourth-order valence-corrected chi connectivity index (χ4v) is 3.68. The van der Waals surface area contributed by atoms with Crippen molar-refractivity contribution in [2.45, 2.75) is 31.0 Å². The number of aliphatic hydroxyl groups excluding tert-OH is 1. The minimum atomic E-state index is -1.30. The smallest absolute Gasteiger partial charge is 0.223 e. The topological polar surface area (TPSA) is 76.9 Å². The molecule has 1 aromatic heterocycles. The number of rotatable bonds is 8. The van der Waals surface area contributed by atoms with Crippen molar-refractivity contribution >= 4 is 5.91 Å². The first-order chi connectivity index (χ1) is 13.5. The first-order valence-electron chi connectivity index (χ1n) is 9.77. The first kappa shape index (κ1) is 20.5. The van der Waals surface area contributed by atoms with E-state index in [1.54, 1.807) is 11.1 Å². The van der Waals surface area contributed by atoms with E-state index in [4.69, 9.17) is 0 Å². The second-order valence-corrected chi connectivity index (χ2v) is 7.69. The molecule has 0 bridgehead atoms. The average Bonchev–Trinajstić information content (AvgIpc) is 3.00. The molecule has 1 saturated heterocycles. The number of aromatic nitrogens is 1. The van der Waals surface area contributed by atoms with Crippen LogP contribution >= 0.6 is 0 Å². The van der Waals surface area contributed by atoms with Crippen LogP contribution in [0, 0.1) is 0 Å². The molecule has 3 rings (SSSR count). The van der Waals surface area contributed by atoms with Crippen LogP contribution in [0.5, 0.6) is 0 Å². The normalized spacial score (nSPS) is 22.0. The lowest BCUT2D eigenvalue weighted by molar-refractivity contribution is -0.131. The molecular weight excluding hydrogens is 354 g/mol. The molecule has 2 N–H and O–H groups in total. The Kier molecular flexibility index (Phi) is 6.78. The maximum Gasteiger partial charge on any atom is 0.223 e. The molecule has 1 fully saturated rings. The number of amides is 1. The number of nitrogens with zero attached hydrogens (tertiary/aromatic N) is 3. The van der Waals surface area contributed by atoms with Crippen molar-refractivity contribution in [2.75, 3.05) is 33.2 Å². The minimum absolute atomic E-state index is 0.0324. The second kappa shape index (κ2) is 9.28. The number of hydrogen-bond donors (Lipinski definition) is 2. The van der Waals surface area contributed by atoms with Crippen molar-refractivity contribution in [3.8, 4) is 0 Å². The Morgan fingerprint density at radius 3 is 2.68 bits per heavy atom. The van der Waals surface area contributed by atoms with E-state index >= 15 is 0 Å². The largest absolute Gasteiger partial charge is 0.388 e. The van der Waals surface area contributed by atoms with Crippen molar-refractivity contribution in [1.29, 1.82) is 0 Å². The van der Waals surface area contributed by atoms with Gasteiger partial charge in [0.1, 0.15) is 11.7 Å². The van der Waals surface area contributed by atoms with Gasteiger partial charge in [-0.05, 0) is 31.2 Å². The van der Waals surface area contributed by atoms with Gasteiger partial charge in [0.15, 0.2) is 0 Å². The summed E-state index contributed by atoms with van der Waals surface area (Å²) >= 11 is 0. The molecule has 6 heteroatoms. The van der Waals surface area contributed by atoms with E-state index in [-0.39, 0.29) is 19.0 Å². The minimum Gasteiger partial charge on any atom is -0.388 e. The molecule has 6 nitrogen and oxygen atoms in total. The standard InChI is InChI=1S/C22H29N3O3/c1-24(14-12-19-9-5-6-13-23-19)16-22(28)17-25(15-20(22)26)21(27)11-10-18-7-3-2-4-8-18/h2-9,13,20,26,28H,10-12,14-17H2,1H3/t20-,22+/m1/s1. The summed E-state index contributed by atoms with van der Waals surface area (Å²) in [6.07, 6.45) is 2.63. The van der Waals surface area contributed by atoms with Crippen LogP contribution in [0.1, 0.15) is 17.7 Å². The number of likely N-dealkylation sites (N-methyl/N-ethyl adjacent to an activating group) is 1. The Morgan fingerprint density at radius 2 is 1.96 bits per heavy atom. The molecule has 0 aliphatic carbocycles. The van der Waals surface area contributed by atoms with Crippen molar-refractivity contribution in [3.63, 3.8) is 0 Å². The zero-order valence-corrected chi connectivity index (χ0v) is 16.4. The number of pyridine rings is 1. The number of hydrogen-bond acceptors (Lipinski definition) is 5. The highest BCUT2D eigenvalue weighted by Crippen LogP contribution is 2.24. The summed E-state index contributed by atoms with van der Waals surface area (Å²) in [6.45, 7) is 1.37. The van der Waals surface area contributed by atoms with Crippen LogP contribution in [0.3, 0.4) is 0 Å². The summed E-state index contributed by atoms with van der Waals surface area (Å²) in [4.78, 5) is 20.4. The van der Waals surface area contributed by atoms with E-state index in [1.165, 1.54) is 0 Å². The summed E-state index contributed by atoms with van der Waals surface area (Å²) in [5.41, 5.74) is 0.799. The summed E-state index contributed by atoms with van der Waals surface area (Å²) in [5, 5.41) is 21.3. The van der Waals surface area contributed by atoms with Gasteiger partial charge in [0.25, 0.3) is 0 Å². The molecule has 1 amide bonds. The lowest BCUT2D eigenvalue weighted by Crippen LogP contribution is -2.51. The SMILES string of the molecule is CN(CCc1ccccn1)C[C@]1(O)CN(C(=O)CCc2ccccc2)C[C@H]1O. The second-order valence-electron chi connectivity index (χ2n) is 7.69. The highest BCUT2D eigenvalue weighted by Gasteiger charge is 2.46. The number of β-amino-alcohol motifs (C(OH)–C–C–N with tert-alkyl or cyclic N) is 2. The van der Waals surface area contributed by atoms with Crippen molar-refractivity contribution in [3.05, 3.63) is 66.0 Å². The van der Waals surface area contributed by atoms with Crippen LogP contribution in [0.4, 0.5) is 0 Å². The van der Waals surface area contributed by atoms with Gasteiger partial charge in [0.05, 0.1) is 6.54 Å². The third-order valence-corrected chi connectivity index (χ3v) is 5.32. The van der Waals surface area contributed by atoms with Crippen LogP contribution < -0.4 is 0 Å². The fraction of sp³-hybridized carbons (Fsp3) is 0.455. The van der Waals surface area contributed by atoms with E-state index < -0.39 is 11.7 Å². The molecule has 2 atom stereocenters. The maximum absolute atomic E-state index is 12.5. The molecule has 0 unspecified atom stereocenters. The predicted molar refractivity (Wildman–Crippen MR) is 108 cm³/mol. The number of carbonyl (C=O) groups is 1. The molecule has 1 aromatic carbocycles. The third-order valence-electron chi connectivity index (χ3n) is 5.32. The molecule has 2 heterocycles.